The van der Waals surface area contributed by atoms with E-state index in [1.165, 1.54) is 0 Å². The molecule has 1 aromatic carbocycles. The number of fused-ring (bicyclic) bond motifs is 1. The number of nitrogens with zero attached hydrogens (tertiary/aromatic N) is 2. The van der Waals surface area contributed by atoms with Crippen LogP contribution in [0.2, 0.25) is 5.15 Å². The lowest BCUT2D eigenvalue weighted by Crippen LogP contribution is -1.90. The lowest BCUT2D eigenvalue weighted by Gasteiger charge is -2.02. The van der Waals surface area contributed by atoms with Crippen molar-refractivity contribution in [1.29, 1.82) is 0 Å². The molecule has 0 bridgehead atoms. The average Bonchev–Trinajstić information content (AvgIpc) is 2.70. The first-order chi connectivity index (χ1) is 8.27. The maximum Gasteiger partial charge on any atom is 0.150 e. The fraction of sp³-hybridized carbons (Fsp3) is 0. The van der Waals surface area contributed by atoms with Gasteiger partial charge in [0.1, 0.15) is 16.8 Å². The number of pyridine rings is 1. The number of hydrogen-bond acceptors (Lipinski definition) is 2. The minimum Gasteiger partial charge on any atom is -0.382 e. The van der Waals surface area contributed by atoms with Crippen LogP contribution in [-0.4, -0.2) is 9.38 Å². The molecular formula is C13H10ClN3. The van der Waals surface area contributed by atoms with Gasteiger partial charge in [-0.25, -0.2) is 4.98 Å². The predicted octanol–water partition coefficient (Wildman–Crippen LogP) is 3.24. The van der Waals surface area contributed by atoms with E-state index in [-0.39, 0.29) is 0 Å². The second kappa shape index (κ2) is 3.79. The van der Waals surface area contributed by atoms with E-state index in [2.05, 4.69) is 4.98 Å². The molecule has 0 aliphatic heterocycles. The minimum absolute atomic E-state index is 0.492. The maximum atomic E-state index is 6.19. The summed E-state index contributed by atoms with van der Waals surface area (Å²) in [5, 5.41) is 0.602. The highest BCUT2D eigenvalue weighted by Crippen LogP contribution is 2.27. The van der Waals surface area contributed by atoms with Crippen LogP contribution in [0.3, 0.4) is 0 Å². The standard InChI is InChI=1S/C13H10ClN3/c14-11-8-4-7-10-12(15)16-13(17(10)11)9-5-2-1-3-6-9/h1-8H,15H2. The van der Waals surface area contributed by atoms with Gasteiger partial charge in [0.25, 0.3) is 0 Å². The average molecular weight is 244 g/mol. The molecular weight excluding hydrogens is 234 g/mol. The Kier molecular flexibility index (Phi) is 2.27. The third kappa shape index (κ3) is 1.56. The van der Waals surface area contributed by atoms with Crippen molar-refractivity contribution in [2.24, 2.45) is 0 Å². The van der Waals surface area contributed by atoms with Crippen LogP contribution in [0.15, 0.2) is 48.5 Å². The first-order valence-corrected chi connectivity index (χ1v) is 5.63. The third-order valence-electron chi connectivity index (χ3n) is 2.67. The highest BCUT2D eigenvalue weighted by molar-refractivity contribution is 6.30. The predicted molar refractivity (Wildman–Crippen MR) is 70.1 cm³/mol. The summed E-state index contributed by atoms with van der Waals surface area (Å²) in [5.74, 6) is 1.26. The van der Waals surface area contributed by atoms with Crippen LogP contribution in [0.1, 0.15) is 0 Å². The summed E-state index contributed by atoms with van der Waals surface area (Å²) in [6.07, 6.45) is 0. The molecule has 0 saturated carbocycles. The van der Waals surface area contributed by atoms with Gasteiger partial charge in [-0.1, -0.05) is 48.0 Å². The van der Waals surface area contributed by atoms with Gasteiger partial charge >= 0.3 is 0 Å². The highest BCUT2D eigenvalue weighted by atomic mass is 35.5. The lowest BCUT2D eigenvalue weighted by atomic mass is 10.2. The van der Waals surface area contributed by atoms with E-state index in [4.69, 9.17) is 17.3 Å². The molecule has 3 aromatic rings. The molecule has 0 spiro atoms. The van der Waals surface area contributed by atoms with Crippen LogP contribution in [0.25, 0.3) is 16.9 Å². The van der Waals surface area contributed by atoms with Gasteiger partial charge < -0.3 is 5.73 Å². The number of halogens is 1. The maximum absolute atomic E-state index is 6.19. The number of nitrogen functional groups attached to an aromatic ring is 1. The summed E-state index contributed by atoms with van der Waals surface area (Å²) in [4.78, 5) is 4.38. The molecule has 0 radical (unpaired) electrons. The van der Waals surface area contributed by atoms with Crippen molar-refractivity contribution in [3.63, 3.8) is 0 Å². The molecule has 2 N–H and O–H groups in total. The molecule has 0 unspecified atom stereocenters. The van der Waals surface area contributed by atoms with Gasteiger partial charge in [-0.2, -0.15) is 0 Å². The summed E-state index contributed by atoms with van der Waals surface area (Å²) < 4.78 is 1.85. The fourth-order valence-electron chi connectivity index (χ4n) is 1.90. The number of aromatic nitrogens is 2. The molecule has 84 valence electrons. The summed E-state index contributed by atoms with van der Waals surface area (Å²) >= 11 is 6.19. The normalized spacial score (nSPS) is 10.9. The monoisotopic (exact) mass is 243 g/mol. The Morgan fingerprint density at radius 3 is 2.53 bits per heavy atom. The largest absolute Gasteiger partial charge is 0.382 e. The van der Waals surface area contributed by atoms with E-state index in [1.807, 2.05) is 52.9 Å². The van der Waals surface area contributed by atoms with E-state index in [9.17, 15) is 0 Å². The van der Waals surface area contributed by atoms with Crippen LogP contribution in [-0.2, 0) is 0 Å². The SMILES string of the molecule is Nc1nc(-c2ccccc2)n2c(Cl)cccc12. The molecule has 2 aromatic heterocycles. The van der Waals surface area contributed by atoms with Crippen molar-refractivity contribution in [3.05, 3.63) is 53.7 Å². The number of benzene rings is 1. The van der Waals surface area contributed by atoms with Gasteiger partial charge in [0.15, 0.2) is 0 Å². The zero-order valence-electron chi connectivity index (χ0n) is 8.97. The lowest BCUT2D eigenvalue weighted by molar-refractivity contribution is 1.16. The molecule has 0 atom stereocenters. The van der Waals surface area contributed by atoms with Crippen molar-refractivity contribution in [2.45, 2.75) is 0 Å². The highest BCUT2D eigenvalue weighted by Gasteiger charge is 2.11. The van der Waals surface area contributed by atoms with Gasteiger partial charge in [-0.15, -0.1) is 0 Å². The number of rotatable bonds is 1. The van der Waals surface area contributed by atoms with E-state index < -0.39 is 0 Å². The molecule has 3 nitrogen and oxygen atoms in total. The Labute approximate surface area is 103 Å². The summed E-state index contributed by atoms with van der Waals surface area (Å²) in [6, 6.07) is 15.4. The van der Waals surface area contributed by atoms with Gasteiger partial charge in [0.2, 0.25) is 0 Å². The molecule has 17 heavy (non-hydrogen) atoms. The smallest absolute Gasteiger partial charge is 0.150 e. The van der Waals surface area contributed by atoms with Crippen LogP contribution in [0.5, 0.6) is 0 Å². The Hall–Kier alpha value is -2.00. The van der Waals surface area contributed by atoms with Gasteiger partial charge in [0.05, 0.1) is 5.52 Å². The van der Waals surface area contributed by atoms with Crippen molar-refractivity contribution < 1.29 is 0 Å². The first-order valence-electron chi connectivity index (χ1n) is 5.25. The molecule has 4 heteroatoms. The van der Waals surface area contributed by atoms with E-state index in [1.54, 1.807) is 0 Å². The summed E-state index contributed by atoms with van der Waals surface area (Å²) in [5.41, 5.74) is 7.72. The number of anilines is 1. The Morgan fingerprint density at radius 1 is 1.00 bits per heavy atom. The third-order valence-corrected chi connectivity index (χ3v) is 2.97. The summed E-state index contributed by atoms with van der Waals surface area (Å²) in [7, 11) is 0. The first kappa shape index (κ1) is 10.2. The molecule has 0 amide bonds. The quantitative estimate of drug-likeness (QED) is 0.667. The van der Waals surface area contributed by atoms with Crippen molar-refractivity contribution in [3.8, 4) is 11.4 Å². The Morgan fingerprint density at radius 2 is 1.76 bits per heavy atom. The topological polar surface area (TPSA) is 43.3 Å². The van der Waals surface area contributed by atoms with E-state index in [0.29, 0.717) is 11.0 Å². The van der Waals surface area contributed by atoms with E-state index in [0.717, 1.165) is 16.9 Å². The van der Waals surface area contributed by atoms with Crippen molar-refractivity contribution in [2.75, 3.05) is 5.73 Å². The molecule has 3 rings (SSSR count). The second-order valence-electron chi connectivity index (χ2n) is 3.76. The molecule has 2 heterocycles. The van der Waals surface area contributed by atoms with Gasteiger partial charge in [-0.3, -0.25) is 4.40 Å². The van der Waals surface area contributed by atoms with Crippen LogP contribution in [0.4, 0.5) is 5.82 Å². The zero-order valence-corrected chi connectivity index (χ0v) is 9.72. The second-order valence-corrected chi connectivity index (χ2v) is 4.14. The fourth-order valence-corrected chi connectivity index (χ4v) is 2.14. The van der Waals surface area contributed by atoms with Gasteiger partial charge in [-0.05, 0) is 12.1 Å². The van der Waals surface area contributed by atoms with Crippen LogP contribution in [0, 0.1) is 0 Å². The molecule has 0 fully saturated rings. The van der Waals surface area contributed by atoms with Crippen LogP contribution >= 0.6 is 11.6 Å². The zero-order chi connectivity index (χ0) is 11.8. The van der Waals surface area contributed by atoms with Crippen molar-refractivity contribution in [1.82, 2.24) is 9.38 Å². The minimum atomic E-state index is 0.492. The Bertz CT molecular complexity index is 674. The van der Waals surface area contributed by atoms with Crippen molar-refractivity contribution >= 4 is 22.9 Å². The number of imidazole rings is 1. The molecule has 0 aliphatic carbocycles. The van der Waals surface area contributed by atoms with Gasteiger partial charge in [0, 0.05) is 5.56 Å². The molecule has 0 aliphatic rings. The number of hydrogen-bond donors (Lipinski definition) is 1. The van der Waals surface area contributed by atoms with E-state index >= 15 is 0 Å². The molecule has 0 saturated heterocycles. The van der Waals surface area contributed by atoms with Crippen LogP contribution < -0.4 is 5.73 Å². The number of nitrogens with two attached hydrogens (primary N) is 1. The Balaban J connectivity index is 2.38. The summed E-state index contributed by atoms with van der Waals surface area (Å²) in [6.45, 7) is 0.